The Labute approximate surface area is 156 Å². The lowest BCUT2D eigenvalue weighted by atomic mass is 10.1. The number of amides is 1. The minimum absolute atomic E-state index is 0.0908. The molecule has 0 atom stereocenters. The second-order valence-corrected chi connectivity index (χ2v) is 6.01. The van der Waals surface area contributed by atoms with Crippen LogP contribution >= 0.6 is 0 Å². The molecule has 0 aliphatic heterocycles. The van der Waals surface area contributed by atoms with E-state index in [9.17, 15) is 38.2 Å². The summed E-state index contributed by atoms with van der Waals surface area (Å²) in [6.45, 7) is 1.11. The minimum atomic E-state index is -4.49. The first-order chi connectivity index (χ1) is 12.9. The van der Waals surface area contributed by atoms with Gasteiger partial charge in [-0.15, -0.1) is 0 Å². The molecule has 0 N–H and O–H groups in total. The Morgan fingerprint density at radius 3 is 1.89 bits per heavy atom. The Morgan fingerprint density at radius 1 is 1.04 bits per heavy atom. The fourth-order valence-corrected chi connectivity index (χ4v) is 2.55. The molecule has 148 valence electrons. The van der Waals surface area contributed by atoms with E-state index in [4.69, 9.17) is 0 Å². The predicted molar refractivity (Wildman–Crippen MR) is 91.7 cm³/mol. The van der Waals surface area contributed by atoms with E-state index in [0.29, 0.717) is 5.56 Å². The number of halogens is 3. The molecule has 28 heavy (non-hydrogen) atoms. The van der Waals surface area contributed by atoms with Crippen molar-refractivity contribution in [3.8, 4) is 0 Å². The molecule has 8 nitrogen and oxygen atoms in total. The van der Waals surface area contributed by atoms with Crippen LogP contribution in [0.15, 0.2) is 36.4 Å². The number of alkyl halides is 3. The van der Waals surface area contributed by atoms with Crippen LogP contribution in [0.4, 0.5) is 24.5 Å². The second kappa shape index (κ2) is 7.62. The van der Waals surface area contributed by atoms with Gasteiger partial charge in [-0.2, -0.15) is 13.2 Å². The molecule has 2 aromatic rings. The van der Waals surface area contributed by atoms with Crippen molar-refractivity contribution in [2.24, 2.45) is 0 Å². The molecule has 2 aromatic carbocycles. The molecule has 0 aromatic heterocycles. The molecule has 0 aliphatic carbocycles. The van der Waals surface area contributed by atoms with Crippen LogP contribution in [0.3, 0.4) is 0 Å². The summed E-state index contributed by atoms with van der Waals surface area (Å²) in [6, 6.07) is 6.02. The number of nitrogens with zero attached hydrogens (tertiary/aromatic N) is 3. The number of hydrogen-bond acceptors (Lipinski definition) is 5. The predicted octanol–water partition coefficient (Wildman–Crippen LogP) is 4.10. The molecule has 11 heteroatoms. The third-order valence-corrected chi connectivity index (χ3v) is 4.04. The summed E-state index contributed by atoms with van der Waals surface area (Å²) >= 11 is 0. The standard InChI is InChI=1S/C17H14F3N3O5/c1-10-14(22(25)26)7-12(8-15(10)23(27)28)16(24)21(2)9-11-3-5-13(6-4-11)17(18,19)20/h3-8H,9H2,1-2H3. The van der Waals surface area contributed by atoms with Crippen LogP contribution in [0.5, 0.6) is 0 Å². The quantitative estimate of drug-likeness (QED) is 0.558. The van der Waals surface area contributed by atoms with Crippen molar-refractivity contribution >= 4 is 17.3 Å². The average molecular weight is 397 g/mol. The van der Waals surface area contributed by atoms with Crippen molar-refractivity contribution in [3.63, 3.8) is 0 Å². The lowest BCUT2D eigenvalue weighted by Gasteiger charge is -2.18. The van der Waals surface area contributed by atoms with Gasteiger partial charge in [-0.1, -0.05) is 12.1 Å². The first-order valence-corrected chi connectivity index (χ1v) is 7.77. The Kier molecular flexibility index (Phi) is 5.67. The maximum Gasteiger partial charge on any atom is 0.416 e. The van der Waals surface area contributed by atoms with E-state index in [1.54, 1.807) is 0 Å². The molecule has 0 saturated carbocycles. The molecule has 0 fully saturated rings. The summed E-state index contributed by atoms with van der Waals surface area (Å²) in [5.74, 6) is -0.744. The normalized spacial score (nSPS) is 11.2. The van der Waals surface area contributed by atoms with Gasteiger partial charge in [0.25, 0.3) is 17.3 Å². The van der Waals surface area contributed by atoms with Crippen LogP contribution < -0.4 is 0 Å². The SMILES string of the molecule is Cc1c([N+](=O)[O-])cc(C(=O)N(C)Cc2ccc(C(F)(F)F)cc2)cc1[N+](=O)[O-]. The van der Waals surface area contributed by atoms with Crippen LogP contribution in [-0.4, -0.2) is 27.7 Å². The number of hydrogen-bond donors (Lipinski definition) is 0. The number of nitro groups is 2. The summed E-state index contributed by atoms with van der Waals surface area (Å²) in [5, 5.41) is 22.2. The van der Waals surface area contributed by atoms with Gasteiger partial charge in [0.15, 0.2) is 0 Å². The molecule has 0 bridgehead atoms. The number of carbonyl (C=O) groups excluding carboxylic acids is 1. The van der Waals surface area contributed by atoms with E-state index in [1.165, 1.54) is 26.1 Å². The molecular weight excluding hydrogens is 383 g/mol. The number of rotatable bonds is 5. The molecular formula is C17H14F3N3O5. The maximum atomic E-state index is 12.6. The average Bonchev–Trinajstić information content (AvgIpc) is 2.60. The minimum Gasteiger partial charge on any atom is -0.337 e. The molecule has 0 radical (unpaired) electrons. The highest BCUT2D eigenvalue weighted by Gasteiger charge is 2.30. The summed E-state index contributed by atoms with van der Waals surface area (Å²) in [4.78, 5) is 34.2. The maximum absolute atomic E-state index is 12.6. The Hall–Kier alpha value is -3.50. The smallest absolute Gasteiger partial charge is 0.337 e. The summed E-state index contributed by atoms with van der Waals surface area (Å²) in [5.41, 5.74) is -2.04. The monoisotopic (exact) mass is 397 g/mol. The van der Waals surface area contributed by atoms with Gasteiger partial charge >= 0.3 is 6.18 Å². The van der Waals surface area contributed by atoms with Gasteiger partial charge < -0.3 is 4.90 Å². The van der Waals surface area contributed by atoms with Crippen LogP contribution in [0.1, 0.15) is 27.0 Å². The van der Waals surface area contributed by atoms with Crippen molar-refractivity contribution < 1.29 is 27.8 Å². The highest BCUT2D eigenvalue weighted by Crippen LogP contribution is 2.31. The fourth-order valence-electron chi connectivity index (χ4n) is 2.55. The Morgan fingerprint density at radius 2 is 1.50 bits per heavy atom. The Balaban J connectivity index is 2.30. The van der Waals surface area contributed by atoms with Gasteiger partial charge in [-0.25, -0.2) is 0 Å². The summed E-state index contributed by atoms with van der Waals surface area (Å²) in [7, 11) is 1.33. The number of carbonyl (C=O) groups is 1. The van der Waals surface area contributed by atoms with Crippen molar-refractivity contribution in [2.45, 2.75) is 19.6 Å². The highest BCUT2D eigenvalue weighted by atomic mass is 19.4. The first kappa shape index (κ1) is 20.8. The van der Waals surface area contributed by atoms with Gasteiger partial charge in [-0.3, -0.25) is 25.0 Å². The first-order valence-electron chi connectivity index (χ1n) is 7.77. The van der Waals surface area contributed by atoms with Gasteiger partial charge in [0.1, 0.15) is 5.56 Å². The van der Waals surface area contributed by atoms with E-state index in [-0.39, 0.29) is 17.7 Å². The largest absolute Gasteiger partial charge is 0.416 e. The molecule has 2 rings (SSSR count). The molecule has 0 spiro atoms. The fraction of sp³-hybridized carbons (Fsp3) is 0.235. The van der Waals surface area contributed by atoms with Crippen molar-refractivity contribution in [1.82, 2.24) is 4.90 Å². The Bertz CT molecular complexity index is 907. The highest BCUT2D eigenvalue weighted by molar-refractivity contribution is 5.95. The lowest BCUT2D eigenvalue weighted by molar-refractivity contribution is -0.395. The zero-order chi connectivity index (χ0) is 21.2. The lowest BCUT2D eigenvalue weighted by Crippen LogP contribution is -2.26. The molecule has 1 amide bonds. The van der Waals surface area contributed by atoms with Crippen molar-refractivity contribution in [3.05, 3.63) is 78.9 Å². The van der Waals surface area contributed by atoms with Crippen molar-refractivity contribution in [1.29, 1.82) is 0 Å². The zero-order valence-corrected chi connectivity index (χ0v) is 14.7. The summed E-state index contributed by atoms with van der Waals surface area (Å²) in [6.07, 6.45) is -4.49. The van der Waals surface area contributed by atoms with Crippen LogP contribution in [-0.2, 0) is 12.7 Å². The van der Waals surface area contributed by atoms with E-state index >= 15 is 0 Å². The molecule has 0 unspecified atom stereocenters. The third kappa shape index (κ3) is 4.42. The molecule has 0 aliphatic rings. The summed E-state index contributed by atoms with van der Waals surface area (Å²) < 4.78 is 37.8. The topological polar surface area (TPSA) is 107 Å². The second-order valence-electron chi connectivity index (χ2n) is 6.01. The van der Waals surface area contributed by atoms with Crippen molar-refractivity contribution in [2.75, 3.05) is 7.05 Å². The van der Waals surface area contributed by atoms with E-state index in [0.717, 1.165) is 29.2 Å². The zero-order valence-electron chi connectivity index (χ0n) is 14.7. The van der Waals surface area contributed by atoms with Gasteiger partial charge in [0.2, 0.25) is 0 Å². The van der Waals surface area contributed by atoms with E-state index in [1.807, 2.05) is 0 Å². The van der Waals surface area contributed by atoms with Gasteiger partial charge in [0, 0.05) is 25.7 Å². The molecule has 0 saturated heterocycles. The number of benzene rings is 2. The number of nitro benzene ring substituents is 2. The van der Waals surface area contributed by atoms with Crippen LogP contribution in [0.2, 0.25) is 0 Å². The van der Waals surface area contributed by atoms with Gasteiger partial charge in [-0.05, 0) is 24.6 Å². The van der Waals surface area contributed by atoms with E-state index < -0.39 is 38.9 Å². The van der Waals surface area contributed by atoms with Crippen LogP contribution in [0.25, 0.3) is 0 Å². The van der Waals surface area contributed by atoms with Gasteiger partial charge in [0.05, 0.1) is 21.0 Å². The van der Waals surface area contributed by atoms with Crippen LogP contribution in [0, 0.1) is 27.2 Å². The van der Waals surface area contributed by atoms with E-state index in [2.05, 4.69) is 0 Å². The molecule has 0 heterocycles. The third-order valence-electron chi connectivity index (χ3n) is 4.04.